The molecule has 0 bridgehead atoms. The number of hydrogen-bond acceptors (Lipinski definition) is 3. The van der Waals surface area contributed by atoms with E-state index in [0.717, 1.165) is 30.3 Å². The summed E-state index contributed by atoms with van der Waals surface area (Å²) >= 11 is 0. The summed E-state index contributed by atoms with van der Waals surface area (Å²) < 4.78 is 2.03. The van der Waals surface area contributed by atoms with Crippen LogP contribution in [-0.4, -0.2) is 45.9 Å². The van der Waals surface area contributed by atoms with E-state index in [1.165, 1.54) is 12.8 Å². The van der Waals surface area contributed by atoms with Crippen LogP contribution in [0.25, 0.3) is 5.52 Å². The number of nitrogens with zero attached hydrogens (tertiary/aromatic N) is 3. The van der Waals surface area contributed by atoms with Crippen molar-refractivity contribution >= 4 is 11.4 Å². The summed E-state index contributed by atoms with van der Waals surface area (Å²) in [7, 11) is 0. The number of amides is 1. The summed E-state index contributed by atoms with van der Waals surface area (Å²) in [4.78, 5) is 20.0. The zero-order valence-electron chi connectivity index (χ0n) is 16.7. The zero-order valence-corrected chi connectivity index (χ0v) is 16.7. The van der Waals surface area contributed by atoms with Crippen LogP contribution in [0.2, 0.25) is 0 Å². The molecule has 142 valence electrons. The Morgan fingerprint density at radius 1 is 1.31 bits per heavy atom. The molecule has 3 heterocycles. The second-order valence-electron chi connectivity index (χ2n) is 8.77. The average molecular weight is 357 g/mol. The van der Waals surface area contributed by atoms with Crippen LogP contribution in [0.4, 0.5) is 0 Å². The van der Waals surface area contributed by atoms with Gasteiger partial charge in [-0.05, 0) is 50.9 Å². The summed E-state index contributed by atoms with van der Waals surface area (Å²) in [5.74, 6) is 1.65. The van der Waals surface area contributed by atoms with E-state index in [-0.39, 0.29) is 11.3 Å². The molecule has 5 heteroatoms. The first-order valence-electron chi connectivity index (χ1n) is 9.77. The molecule has 1 N–H and O–H groups in total. The van der Waals surface area contributed by atoms with Gasteiger partial charge in [-0.25, -0.2) is 4.98 Å². The lowest BCUT2D eigenvalue weighted by Gasteiger charge is -2.34. The van der Waals surface area contributed by atoms with E-state index < -0.39 is 0 Å². The lowest BCUT2D eigenvalue weighted by Crippen LogP contribution is -2.45. The van der Waals surface area contributed by atoms with Crippen molar-refractivity contribution in [1.29, 1.82) is 0 Å². The molecule has 0 spiro atoms. The van der Waals surface area contributed by atoms with Crippen LogP contribution < -0.4 is 5.32 Å². The second kappa shape index (κ2) is 7.39. The molecule has 1 unspecified atom stereocenters. The Balaban J connectivity index is 1.72. The van der Waals surface area contributed by atoms with Crippen molar-refractivity contribution < 1.29 is 4.79 Å². The number of likely N-dealkylation sites (tertiary alicyclic amines) is 1. The summed E-state index contributed by atoms with van der Waals surface area (Å²) in [5, 5.41) is 3.11. The molecular formula is C21H32N4O. The Kier molecular flexibility index (Phi) is 5.37. The number of nitrogens with one attached hydrogen (secondary N) is 1. The van der Waals surface area contributed by atoms with Crippen LogP contribution in [-0.2, 0) is 5.41 Å². The van der Waals surface area contributed by atoms with E-state index in [1.54, 1.807) is 0 Å². The number of rotatable bonds is 4. The number of fused-ring (bicyclic) bond motifs is 1. The van der Waals surface area contributed by atoms with Gasteiger partial charge in [0.1, 0.15) is 5.82 Å². The molecule has 0 aromatic carbocycles. The maximum absolute atomic E-state index is 12.8. The monoisotopic (exact) mass is 356 g/mol. The van der Waals surface area contributed by atoms with E-state index in [9.17, 15) is 4.79 Å². The number of aromatic nitrogens is 2. The summed E-state index contributed by atoms with van der Waals surface area (Å²) in [6, 6.07) is 6.25. The molecule has 1 saturated heterocycles. The fourth-order valence-corrected chi connectivity index (χ4v) is 3.66. The third-order valence-corrected chi connectivity index (χ3v) is 5.43. The van der Waals surface area contributed by atoms with Gasteiger partial charge in [0, 0.05) is 24.2 Å². The lowest BCUT2D eigenvalue weighted by atomic mass is 9.96. The topological polar surface area (TPSA) is 49.6 Å². The maximum atomic E-state index is 12.8. The Bertz CT molecular complexity index is 766. The van der Waals surface area contributed by atoms with Gasteiger partial charge < -0.3 is 9.72 Å². The first kappa shape index (κ1) is 18.9. The van der Waals surface area contributed by atoms with Crippen LogP contribution >= 0.6 is 0 Å². The summed E-state index contributed by atoms with van der Waals surface area (Å²) in [6.07, 6.45) is 4.48. The van der Waals surface area contributed by atoms with Crippen molar-refractivity contribution in [3.05, 3.63) is 35.9 Å². The molecular weight excluding hydrogens is 324 g/mol. The van der Waals surface area contributed by atoms with Gasteiger partial charge in [-0.2, -0.15) is 0 Å². The standard InChI is InChI=1S/C21H32N4O/c1-15-9-12-24(13-10-15)16(2)14-22-19(26)18-17-8-6-7-11-25(17)20(23-18)21(3,4)5/h6-8,11,15-16H,9-10,12-14H2,1-5H3,(H,22,26). The van der Waals surface area contributed by atoms with Gasteiger partial charge in [0.05, 0.1) is 5.52 Å². The molecule has 0 saturated carbocycles. The predicted octanol–water partition coefficient (Wildman–Crippen LogP) is 3.48. The number of piperidine rings is 1. The molecule has 1 aliphatic heterocycles. The van der Waals surface area contributed by atoms with Gasteiger partial charge in [-0.3, -0.25) is 9.69 Å². The van der Waals surface area contributed by atoms with Gasteiger partial charge in [-0.15, -0.1) is 0 Å². The number of hydrogen-bond donors (Lipinski definition) is 1. The van der Waals surface area contributed by atoms with Gasteiger partial charge in [0.15, 0.2) is 5.69 Å². The van der Waals surface area contributed by atoms with Crippen molar-refractivity contribution in [2.24, 2.45) is 5.92 Å². The fourth-order valence-electron chi connectivity index (χ4n) is 3.66. The molecule has 26 heavy (non-hydrogen) atoms. The van der Waals surface area contributed by atoms with Gasteiger partial charge in [0.2, 0.25) is 0 Å². The number of imidazole rings is 1. The average Bonchev–Trinajstić information content (AvgIpc) is 3.00. The minimum Gasteiger partial charge on any atom is -0.349 e. The van der Waals surface area contributed by atoms with E-state index in [2.05, 4.69) is 44.8 Å². The van der Waals surface area contributed by atoms with E-state index in [0.29, 0.717) is 18.3 Å². The molecule has 3 rings (SSSR count). The highest BCUT2D eigenvalue weighted by atomic mass is 16.1. The van der Waals surface area contributed by atoms with Crippen LogP contribution in [0.5, 0.6) is 0 Å². The van der Waals surface area contributed by atoms with Gasteiger partial charge in [-0.1, -0.05) is 33.8 Å². The minimum absolute atomic E-state index is 0.0820. The number of carbonyl (C=O) groups is 1. The Morgan fingerprint density at radius 3 is 2.65 bits per heavy atom. The third-order valence-electron chi connectivity index (χ3n) is 5.43. The van der Waals surface area contributed by atoms with Crippen molar-refractivity contribution in [1.82, 2.24) is 19.6 Å². The third kappa shape index (κ3) is 3.93. The van der Waals surface area contributed by atoms with Crippen LogP contribution in [0.1, 0.15) is 63.8 Å². The largest absolute Gasteiger partial charge is 0.349 e. The molecule has 1 atom stereocenters. The quantitative estimate of drug-likeness (QED) is 0.912. The molecule has 1 aliphatic rings. The highest BCUT2D eigenvalue weighted by Gasteiger charge is 2.26. The number of carbonyl (C=O) groups excluding carboxylic acids is 1. The van der Waals surface area contributed by atoms with Gasteiger partial charge in [0.25, 0.3) is 5.91 Å². The molecule has 1 fully saturated rings. The Hall–Kier alpha value is -1.88. The van der Waals surface area contributed by atoms with Crippen LogP contribution in [0, 0.1) is 5.92 Å². The molecule has 0 aliphatic carbocycles. The summed E-state index contributed by atoms with van der Waals surface area (Å²) in [5.41, 5.74) is 1.27. The highest BCUT2D eigenvalue weighted by Crippen LogP contribution is 2.24. The van der Waals surface area contributed by atoms with Crippen LogP contribution in [0.3, 0.4) is 0 Å². The molecule has 2 aromatic heterocycles. The minimum atomic E-state index is -0.124. The zero-order chi connectivity index (χ0) is 18.9. The second-order valence-corrected chi connectivity index (χ2v) is 8.77. The predicted molar refractivity (Wildman–Crippen MR) is 106 cm³/mol. The van der Waals surface area contributed by atoms with Crippen molar-refractivity contribution in [3.8, 4) is 0 Å². The van der Waals surface area contributed by atoms with Crippen molar-refractivity contribution in [2.75, 3.05) is 19.6 Å². The van der Waals surface area contributed by atoms with E-state index in [4.69, 9.17) is 4.98 Å². The lowest BCUT2D eigenvalue weighted by molar-refractivity contribution is 0.0919. The first-order chi connectivity index (χ1) is 12.3. The molecule has 2 aromatic rings. The first-order valence-corrected chi connectivity index (χ1v) is 9.77. The smallest absolute Gasteiger partial charge is 0.272 e. The molecule has 1 amide bonds. The SMILES string of the molecule is CC1CCN(C(C)CNC(=O)c2nc(C(C)(C)C)n3ccccc23)CC1. The number of pyridine rings is 1. The summed E-state index contributed by atoms with van der Waals surface area (Å²) in [6.45, 7) is 13.8. The van der Waals surface area contributed by atoms with E-state index >= 15 is 0 Å². The normalized spacial score (nSPS) is 18.2. The Labute approximate surface area is 156 Å². The molecule has 0 radical (unpaired) electrons. The van der Waals surface area contributed by atoms with Crippen molar-refractivity contribution in [3.63, 3.8) is 0 Å². The van der Waals surface area contributed by atoms with Crippen LogP contribution in [0.15, 0.2) is 24.4 Å². The highest BCUT2D eigenvalue weighted by molar-refractivity contribution is 5.99. The van der Waals surface area contributed by atoms with E-state index in [1.807, 2.05) is 28.8 Å². The molecule has 5 nitrogen and oxygen atoms in total. The van der Waals surface area contributed by atoms with Crippen molar-refractivity contribution in [2.45, 2.75) is 58.9 Å². The fraction of sp³-hybridized carbons (Fsp3) is 0.619. The Morgan fingerprint density at radius 2 is 2.00 bits per heavy atom. The van der Waals surface area contributed by atoms with Gasteiger partial charge >= 0.3 is 0 Å². The maximum Gasteiger partial charge on any atom is 0.272 e.